The number of benzene rings is 3. The van der Waals surface area contributed by atoms with Gasteiger partial charge in [-0.2, -0.15) is 0 Å². The molecule has 3 unspecified atom stereocenters. The monoisotopic (exact) mass is 485 g/mol. The van der Waals surface area contributed by atoms with Gasteiger partial charge in [0.05, 0.1) is 27.3 Å². The lowest BCUT2D eigenvalue weighted by Crippen LogP contribution is -2.29. The molecule has 0 radical (unpaired) electrons. The lowest BCUT2D eigenvalue weighted by molar-refractivity contribution is -0.643. The molecule has 8 rings (SSSR count). The topological polar surface area (TPSA) is 8.29 Å². The molecule has 0 aliphatic heterocycles. The van der Waals surface area contributed by atoms with E-state index >= 15 is 0 Å². The third-order valence-electron chi connectivity index (χ3n) is 9.82. The van der Waals surface area contributed by atoms with Crippen molar-refractivity contribution in [2.24, 2.45) is 24.3 Å². The summed E-state index contributed by atoms with van der Waals surface area (Å²) in [6.07, 6.45) is 9.08. The van der Waals surface area contributed by atoms with Gasteiger partial charge in [0.2, 0.25) is 5.52 Å². The van der Waals surface area contributed by atoms with Crippen molar-refractivity contribution in [1.82, 2.24) is 4.40 Å². The lowest BCUT2D eigenvalue weighted by atomic mass is 9.82. The number of rotatable bonds is 2. The molecule has 2 aliphatic carbocycles. The molecule has 3 aromatic carbocycles. The van der Waals surface area contributed by atoms with Crippen LogP contribution in [0.5, 0.6) is 0 Å². The predicted molar refractivity (Wildman–Crippen MR) is 156 cm³/mol. The fourth-order valence-electron chi connectivity index (χ4n) is 8.38. The van der Waals surface area contributed by atoms with Crippen molar-refractivity contribution in [3.63, 3.8) is 0 Å². The first-order chi connectivity index (χ1) is 17.8. The second-order valence-corrected chi connectivity index (χ2v) is 13.6. The van der Waals surface area contributed by atoms with Gasteiger partial charge in [-0.3, -0.25) is 0 Å². The predicted octanol–water partition coefficient (Wildman–Crippen LogP) is 8.62. The first-order valence-electron chi connectivity index (χ1n) is 14.3. The maximum absolute atomic E-state index is 2.62. The van der Waals surface area contributed by atoms with Crippen molar-refractivity contribution in [3.8, 4) is 0 Å². The minimum absolute atomic E-state index is 0.271. The standard InChI is InChI=1S/C35H37N2/c1-20-6-10-26-28-16-22(19-35(2,3)4)8-11-29(28)37-30-18-25(27-15-21-7-9-23(27)14-21)17-24-12-13-36(5)34(32(24)30)31(20)33(26)37/h6,8,10-13,16-18,21,23,27H,7,9,14-15,19H2,1-5H3/q+1. The quantitative estimate of drug-likeness (QED) is 0.132. The van der Waals surface area contributed by atoms with Crippen molar-refractivity contribution in [3.05, 3.63) is 71.4 Å². The minimum atomic E-state index is 0.271. The van der Waals surface area contributed by atoms with Gasteiger partial charge in [0.25, 0.3) is 0 Å². The van der Waals surface area contributed by atoms with E-state index in [1.54, 1.807) is 5.56 Å². The Hall–Kier alpha value is -3.13. The molecule has 2 fully saturated rings. The van der Waals surface area contributed by atoms with Gasteiger partial charge in [0, 0.05) is 16.8 Å². The molecule has 2 saturated carbocycles. The summed E-state index contributed by atoms with van der Waals surface area (Å²) in [6, 6.07) is 19.5. The molecule has 3 atom stereocenters. The molecule has 2 bridgehead atoms. The van der Waals surface area contributed by atoms with Crippen LogP contribution in [-0.4, -0.2) is 4.40 Å². The number of hydrogen-bond acceptors (Lipinski definition) is 0. The van der Waals surface area contributed by atoms with Gasteiger partial charge in [-0.1, -0.05) is 51.5 Å². The minimum Gasteiger partial charge on any atom is -0.307 e. The molecule has 186 valence electrons. The summed E-state index contributed by atoms with van der Waals surface area (Å²) in [7, 11) is 2.22. The summed E-state index contributed by atoms with van der Waals surface area (Å²) >= 11 is 0. The molecule has 37 heavy (non-hydrogen) atoms. The molecular formula is C35H37N2+. The Morgan fingerprint density at radius 3 is 2.51 bits per heavy atom. The van der Waals surface area contributed by atoms with E-state index < -0.39 is 0 Å². The van der Waals surface area contributed by atoms with Crippen LogP contribution in [0.4, 0.5) is 0 Å². The zero-order chi connectivity index (χ0) is 25.2. The highest BCUT2D eigenvalue weighted by Crippen LogP contribution is 2.53. The number of aromatic nitrogens is 2. The number of aryl methyl sites for hydroxylation is 2. The van der Waals surface area contributed by atoms with Crippen LogP contribution < -0.4 is 4.57 Å². The molecule has 6 aromatic rings. The summed E-state index contributed by atoms with van der Waals surface area (Å²) in [5.74, 6) is 2.56. The largest absolute Gasteiger partial charge is 0.307 e. The van der Waals surface area contributed by atoms with Crippen LogP contribution in [0, 0.1) is 24.2 Å². The number of hydrogen-bond donors (Lipinski definition) is 0. The zero-order valence-electron chi connectivity index (χ0n) is 22.9. The van der Waals surface area contributed by atoms with Gasteiger partial charge in [-0.05, 0) is 96.1 Å². The van der Waals surface area contributed by atoms with E-state index in [1.807, 2.05) is 0 Å². The van der Waals surface area contributed by atoms with Crippen LogP contribution in [0.1, 0.15) is 69.1 Å². The Morgan fingerprint density at radius 1 is 0.892 bits per heavy atom. The van der Waals surface area contributed by atoms with E-state index in [0.29, 0.717) is 0 Å². The van der Waals surface area contributed by atoms with Crippen LogP contribution in [0.3, 0.4) is 0 Å². The van der Waals surface area contributed by atoms with Crippen LogP contribution in [0.25, 0.3) is 49.0 Å². The van der Waals surface area contributed by atoms with Crippen LogP contribution >= 0.6 is 0 Å². The summed E-state index contributed by atoms with van der Waals surface area (Å²) in [4.78, 5) is 0. The van der Waals surface area contributed by atoms with Crippen molar-refractivity contribution < 1.29 is 4.57 Å². The molecule has 0 spiro atoms. The van der Waals surface area contributed by atoms with Crippen LogP contribution in [0.15, 0.2) is 54.7 Å². The molecule has 2 nitrogen and oxygen atoms in total. The molecule has 2 aliphatic rings. The fraction of sp³-hybridized carbons (Fsp3) is 0.400. The second-order valence-electron chi connectivity index (χ2n) is 13.6. The van der Waals surface area contributed by atoms with E-state index in [0.717, 1.165) is 24.2 Å². The number of pyridine rings is 2. The Labute approximate surface area is 219 Å². The zero-order valence-corrected chi connectivity index (χ0v) is 22.9. The molecule has 0 saturated heterocycles. The van der Waals surface area contributed by atoms with Gasteiger partial charge < -0.3 is 4.40 Å². The third-order valence-corrected chi connectivity index (χ3v) is 9.82. The average Bonchev–Trinajstić information content (AvgIpc) is 3.57. The first kappa shape index (κ1) is 21.9. The Kier molecular flexibility index (Phi) is 4.29. The van der Waals surface area contributed by atoms with Crippen molar-refractivity contribution in [2.75, 3.05) is 0 Å². The van der Waals surface area contributed by atoms with Gasteiger partial charge in [0.1, 0.15) is 7.05 Å². The highest BCUT2D eigenvalue weighted by atomic mass is 15.0. The van der Waals surface area contributed by atoms with Gasteiger partial charge >= 0.3 is 0 Å². The molecule has 0 N–H and O–H groups in total. The third kappa shape index (κ3) is 3.02. The van der Waals surface area contributed by atoms with E-state index in [1.165, 1.54) is 85.8 Å². The highest BCUT2D eigenvalue weighted by Gasteiger charge is 2.40. The SMILES string of the molecule is Cc1ccc2c3cc(CC(C)(C)C)ccc3n3c4cc(C5CC6CCC5C6)cc5cc[n+](C)c(c1c23)c54. The number of nitrogens with zero attached hydrogens (tertiary/aromatic N) is 2. The lowest BCUT2D eigenvalue weighted by Gasteiger charge is -2.23. The summed E-state index contributed by atoms with van der Waals surface area (Å²) in [5, 5.41) is 7.00. The van der Waals surface area contributed by atoms with Crippen molar-refractivity contribution in [1.29, 1.82) is 0 Å². The average molecular weight is 486 g/mol. The van der Waals surface area contributed by atoms with Crippen LogP contribution in [0.2, 0.25) is 0 Å². The van der Waals surface area contributed by atoms with Crippen LogP contribution in [-0.2, 0) is 13.5 Å². The number of fused-ring (bicyclic) bond motifs is 7. The summed E-state index contributed by atoms with van der Waals surface area (Å²) < 4.78 is 4.98. The Morgan fingerprint density at radius 2 is 1.76 bits per heavy atom. The summed E-state index contributed by atoms with van der Waals surface area (Å²) in [5.41, 5.74) is 10.1. The molecule has 3 aromatic heterocycles. The molecule has 2 heteroatoms. The molecular weight excluding hydrogens is 448 g/mol. The second kappa shape index (κ2) is 7.25. The highest BCUT2D eigenvalue weighted by molar-refractivity contribution is 6.25. The van der Waals surface area contributed by atoms with E-state index in [4.69, 9.17) is 0 Å². The molecule has 3 heterocycles. The van der Waals surface area contributed by atoms with E-state index in [2.05, 4.69) is 98.4 Å². The maximum atomic E-state index is 2.62. The molecule has 0 amide bonds. The van der Waals surface area contributed by atoms with Crippen molar-refractivity contribution in [2.45, 2.75) is 65.7 Å². The Bertz CT molecular complexity index is 1880. The fourth-order valence-corrected chi connectivity index (χ4v) is 8.38. The Balaban J connectivity index is 1.54. The van der Waals surface area contributed by atoms with E-state index in [-0.39, 0.29) is 5.41 Å². The first-order valence-corrected chi connectivity index (χ1v) is 14.3. The summed E-state index contributed by atoms with van der Waals surface area (Å²) in [6.45, 7) is 9.30. The normalized spacial score (nSPS) is 22.1. The van der Waals surface area contributed by atoms with Gasteiger partial charge in [-0.25, -0.2) is 4.57 Å². The van der Waals surface area contributed by atoms with Gasteiger partial charge in [-0.15, -0.1) is 0 Å². The van der Waals surface area contributed by atoms with Gasteiger partial charge in [0.15, 0.2) is 6.20 Å². The smallest absolute Gasteiger partial charge is 0.224 e. The van der Waals surface area contributed by atoms with E-state index in [9.17, 15) is 0 Å². The van der Waals surface area contributed by atoms with Crippen molar-refractivity contribution >= 4 is 49.0 Å². The maximum Gasteiger partial charge on any atom is 0.224 e.